The number of methoxy groups -OCH3 is 1. The first kappa shape index (κ1) is 12.3. The molecule has 16 heavy (non-hydrogen) atoms. The molecule has 0 spiro atoms. The summed E-state index contributed by atoms with van der Waals surface area (Å²) in [5.74, 6) is 1.34. The van der Waals surface area contributed by atoms with E-state index in [1.54, 1.807) is 7.11 Å². The first-order chi connectivity index (χ1) is 7.72. The summed E-state index contributed by atoms with van der Waals surface area (Å²) in [6.07, 6.45) is 0.289. The molecule has 0 aromatic heterocycles. The molecule has 0 bridgehead atoms. The van der Waals surface area contributed by atoms with Crippen LogP contribution in [0.4, 0.5) is 0 Å². The number of nitriles is 1. The van der Waals surface area contributed by atoms with Crippen molar-refractivity contribution in [2.75, 3.05) is 13.7 Å². The molecule has 0 fully saturated rings. The van der Waals surface area contributed by atoms with Gasteiger partial charge in [-0.1, -0.05) is 6.07 Å². The van der Waals surface area contributed by atoms with Crippen molar-refractivity contribution in [2.45, 2.75) is 19.4 Å². The molecule has 0 aliphatic rings. The molecule has 0 aliphatic heterocycles. The van der Waals surface area contributed by atoms with Crippen LogP contribution < -0.4 is 15.2 Å². The lowest BCUT2D eigenvalue weighted by molar-refractivity contribution is 0.310. The zero-order valence-corrected chi connectivity index (χ0v) is 9.56. The molecule has 0 saturated heterocycles. The van der Waals surface area contributed by atoms with Crippen molar-refractivity contribution in [3.05, 3.63) is 23.8 Å². The third kappa shape index (κ3) is 2.88. The number of nitrogens with zero attached hydrogens (tertiary/aromatic N) is 1. The summed E-state index contributed by atoms with van der Waals surface area (Å²) in [6.45, 7) is 2.49. The second kappa shape index (κ2) is 5.99. The second-order valence-corrected chi connectivity index (χ2v) is 3.31. The summed E-state index contributed by atoms with van der Waals surface area (Å²) >= 11 is 0. The average molecular weight is 220 g/mol. The van der Waals surface area contributed by atoms with Gasteiger partial charge in [0.2, 0.25) is 0 Å². The Kier molecular flexibility index (Phi) is 4.62. The van der Waals surface area contributed by atoms with Gasteiger partial charge in [0, 0.05) is 6.04 Å². The first-order valence-corrected chi connectivity index (χ1v) is 5.16. The van der Waals surface area contributed by atoms with Crippen LogP contribution in [0.1, 0.15) is 24.9 Å². The number of hydrogen-bond donors (Lipinski definition) is 1. The Hall–Kier alpha value is -1.73. The van der Waals surface area contributed by atoms with E-state index in [2.05, 4.69) is 0 Å². The van der Waals surface area contributed by atoms with Crippen LogP contribution in [0.2, 0.25) is 0 Å². The molecule has 0 radical (unpaired) electrons. The van der Waals surface area contributed by atoms with Crippen molar-refractivity contribution in [3.63, 3.8) is 0 Å². The maximum atomic E-state index is 8.58. The van der Waals surface area contributed by atoms with E-state index in [1.807, 2.05) is 31.2 Å². The van der Waals surface area contributed by atoms with E-state index in [1.165, 1.54) is 0 Å². The van der Waals surface area contributed by atoms with Gasteiger partial charge in [0.05, 0.1) is 26.2 Å². The molecule has 1 rings (SSSR count). The Labute approximate surface area is 95.6 Å². The van der Waals surface area contributed by atoms with Gasteiger partial charge in [0.1, 0.15) is 0 Å². The lowest BCUT2D eigenvalue weighted by atomic mass is 10.0. The van der Waals surface area contributed by atoms with Crippen LogP contribution in [0.3, 0.4) is 0 Å². The van der Waals surface area contributed by atoms with Gasteiger partial charge in [-0.2, -0.15) is 5.26 Å². The third-order valence-corrected chi connectivity index (χ3v) is 2.23. The SMILES string of the molecule is CCOc1ccc([C@H](N)CC#N)cc1OC. The normalized spacial score (nSPS) is 11.6. The van der Waals surface area contributed by atoms with Gasteiger partial charge < -0.3 is 15.2 Å². The Bertz CT molecular complexity index is 385. The standard InChI is InChI=1S/C12H16N2O2/c1-3-16-11-5-4-9(8-12(11)15-2)10(14)6-7-13/h4-5,8,10H,3,6,14H2,1-2H3/t10-/m1/s1. The van der Waals surface area contributed by atoms with Crippen molar-refractivity contribution >= 4 is 0 Å². The number of benzene rings is 1. The van der Waals surface area contributed by atoms with Gasteiger partial charge >= 0.3 is 0 Å². The molecule has 86 valence electrons. The Morgan fingerprint density at radius 2 is 2.19 bits per heavy atom. The highest BCUT2D eigenvalue weighted by Gasteiger charge is 2.10. The van der Waals surface area contributed by atoms with Gasteiger partial charge in [-0.15, -0.1) is 0 Å². The zero-order chi connectivity index (χ0) is 12.0. The van der Waals surface area contributed by atoms with Crippen molar-refractivity contribution in [1.29, 1.82) is 5.26 Å². The maximum Gasteiger partial charge on any atom is 0.161 e. The third-order valence-electron chi connectivity index (χ3n) is 2.23. The fourth-order valence-corrected chi connectivity index (χ4v) is 1.41. The Morgan fingerprint density at radius 3 is 2.75 bits per heavy atom. The van der Waals surface area contributed by atoms with Gasteiger partial charge in [-0.3, -0.25) is 0 Å². The molecule has 1 aromatic rings. The minimum atomic E-state index is -0.283. The second-order valence-electron chi connectivity index (χ2n) is 3.31. The van der Waals surface area contributed by atoms with Crippen LogP contribution in [0.15, 0.2) is 18.2 Å². The average Bonchev–Trinajstić information content (AvgIpc) is 2.30. The van der Waals surface area contributed by atoms with Gasteiger partial charge in [-0.25, -0.2) is 0 Å². The highest BCUT2D eigenvalue weighted by Crippen LogP contribution is 2.30. The van der Waals surface area contributed by atoms with Crippen LogP contribution >= 0.6 is 0 Å². The number of ether oxygens (including phenoxy) is 2. The van der Waals surface area contributed by atoms with Crippen LogP contribution in [0.25, 0.3) is 0 Å². The molecule has 1 atom stereocenters. The summed E-state index contributed by atoms with van der Waals surface area (Å²) < 4.78 is 10.6. The topological polar surface area (TPSA) is 68.3 Å². The molecule has 0 aliphatic carbocycles. The van der Waals surface area contributed by atoms with Crippen molar-refractivity contribution in [2.24, 2.45) is 5.73 Å². The molecular weight excluding hydrogens is 204 g/mol. The van der Waals surface area contributed by atoms with Crippen molar-refractivity contribution in [3.8, 4) is 17.6 Å². The molecule has 0 unspecified atom stereocenters. The minimum absolute atomic E-state index is 0.283. The summed E-state index contributed by atoms with van der Waals surface area (Å²) in [4.78, 5) is 0. The fraction of sp³-hybridized carbons (Fsp3) is 0.417. The lowest BCUT2D eigenvalue weighted by Gasteiger charge is -2.13. The van der Waals surface area contributed by atoms with Crippen molar-refractivity contribution < 1.29 is 9.47 Å². The van der Waals surface area contributed by atoms with E-state index < -0.39 is 0 Å². The molecular formula is C12H16N2O2. The van der Waals surface area contributed by atoms with Gasteiger partial charge in [-0.05, 0) is 24.6 Å². The molecule has 4 heteroatoms. The molecule has 0 heterocycles. The quantitative estimate of drug-likeness (QED) is 0.824. The predicted molar refractivity (Wildman–Crippen MR) is 61.3 cm³/mol. The van der Waals surface area contributed by atoms with E-state index in [-0.39, 0.29) is 12.5 Å². The zero-order valence-electron chi connectivity index (χ0n) is 9.56. The van der Waals surface area contributed by atoms with Crippen molar-refractivity contribution in [1.82, 2.24) is 0 Å². The number of rotatable bonds is 5. The smallest absolute Gasteiger partial charge is 0.161 e. The van der Waals surface area contributed by atoms with Crippen LogP contribution in [-0.2, 0) is 0 Å². The molecule has 1 aromatic carbocycles. The highest BCUT2D eigenvalue weighted by molar-refractivity contribution is 5.43. The number of nitrogens with two attached hydrogens (primary N) is 1. The Balaban J connectivity index is 2.95. The summed E-state index contributed by atoms with van der Waals surface area (Å²) in [7, 11) is 1.58. The van der Waals surface area contributed by atoms with E-state index >= 15 is 0 Å². The first-order valence-electron chi connectivity index (χ1n) is 5.16. The van der Waals surface area contributed by atoms with Crippen LogP contribution in [0, 0.1) is 11.3 Å². The van der Waals surface area contributed by atoms with E-state index in [0.29, 0.717) is 18.1 Å². The summed E-state index contributed by atoms with van der Waals surface area (Å²) in [5, 5.41) is 8.58. The minimum Gasteiger partial charge on any atom is -0.493 e. The molecule has 4 nitrogen and oxygen atoms in total. The van der Waals surface area contributed by atoms with Gasteiger partial charge in [0.25, 0.3) is 0 Å². The molecule has 2 N–H and O–H groups in total. The van der Waals surface area contributed by atoms with E-state index in [0.717, 1.165) is 5.56 Å². The molecule has 0 amide bonds. The number of hydrogen-bond acceptors (Lipinski definition) is 4. The fourth-order valence-electron chi connectivity index (χ4n) is 1.41. The van der Waals surface area contributed by atoms with Crippen LogP contribution in [-0.4, -0.2) is 13.7 Å². The van der Waals surface area contributed by atoms with Crippen LogP contribution in [0.5, 0.6) is 11.5 Å². The summed E-state index contributed by atoms with van der Waals surface area (Å²) in [5.41, 5.74) is 6.71. The van der Waals surface area contributed by atoms with E-state index in [4.69, 9.17) is 20.5 Å². The lowest BCUT2D eigenvalue weighted by Crippen LogP contribution is -2.09. The maximum absolute atomic E-state index is 8.58. The predicted octanol–water partition coefficient (Wildman–Crippen LogP) is 2.01. The monoisotopic (exact) mass is 220 g/mol. The van der Waals surface area contributed by atoms with E-state index in [9.17, 15) is 0 Å². The van der Waals surface area contributed by atoms with Gasteiger partial charge in [0.15, 0.2) is 11.5 Å². The largest absolute Gasteiger partial charge is 0.493 e. The Morgan fingerprint density at radius 1 is 1.44 bits per heavy atom. The highest BCUT2D eigenvalue weighted by atomic mass is 16.5. The molecule has 0 saturated carbocycles. The summed E-state index contributed by atoms with van der Waals surface area (Å²) in [6, 6.07) is 7.25.